The number of nitrogens with zero attached hydrogens (tertiary/aromatic N) is 2. The third-order valence-electron chi connectivity index (χ3n) is 3.70. The van der Waals surface area contributed by atoms with E-state index >= 15 is 0 Å². The Bertz CT molecular complexity index is 536. The van der Waals surface area contributed by atoms with Gasteiger partial charge >= 0.3 is 6.18 Å². The van der Waals surface area contributed by atoms with Crippen molar-refractivity contribution >= 4 is 5.69 Å². The van der Waals surface area contributed by atoms with Crippen molar-refractivity contribution in [3.8, 4) is 6.07 Å². The summed E-state index contributed by atoms with van der Waals surface area (Å²) in [6, 6.07) is 4.95. The molecule has 20 heavy (non-hydrogen) atoms. The number of rotatable bonds is 1. The first-order valence-electron chi connectivity index (χ1n) is 6.37. The summed E-state index contributed by atoms with van der Waals surface area (Å²) in [6.45, 7) is 2.89. The van der Waals surface area contributed by atoms with Gasteiger partial charge in [-0.15, -0.1) is 0 Å². The van der Waals surface area contributed by atoms with Crippen LogP contribution in [-0.4, -0.2) is 24.3 Å². The average Bonchev–Trinajstić information content (AvgIpc) is 2.40. The summed E-state index contributed by atoms with van der Waals surface area (Å²) < 4.78 is 37.9. The maximum Gasteiger partial charge on any atom is 0.416 e. The molecule has 0 aliphatic carbocycles. The molecule has 1 heterocycles. The Hall–Kier alpha value is -1.74. The molecule has 1 aliphatic heterocycles. The SMILES string of the molecule is CC1CCN(c2ccc(C(F)(F)F)cc2C#N)CC1O. The van der Waals surface area contributed by atoms with E-state index in [9.17, 15) is 18.3 Å². The number of aliphatic hydroxyl groups excluding tert-OH is 1. The summed E-state index contributed by atoms with van der Waals surface area (Å²) in [5.74, 6) is 0.159. The molecule has 6 heteroatoms. The second kappa shape index (κ2) is 5.33. The highest BCUT2D eigenvalue weighted by Crippen LogP contribution is 2.33. The Morgan fingerprint density at radius 3 is 2.65 bits per heavy atom. The highest BCUT2D eigenvalue weighted by atomic mass is 19.4. The number of β-amino-alcohol motifs (C(OH)–C–C–N with tert-alkyl or cyclic N) is 1. The smallest absolute Gasteiger partial charge is 0.391 e. The Labute approximate surface area is 115 Å². The number of hydrogen-bond donors (Lipinski definition) is 1. The summed E-state index contributed by atoms with van der Waals surface area (Å²) in [5, 5.41) is 18.9. The van der Waals surface area contributed by atoms with Crippen molar-refractivity contribution < 1.29 is 18.3 Å². The van der Waals surface area contributed by atoms with Crippen LogP contribution in [0.25, 0.3) is 0 Å². The lowest BCUT2D eigenvalue weighted by Gasteiger charge is -2.36. The van der Waals surface area contributed by atoms with Gasteiger partial charge in [-0.1, -0.05) is 6.92 Å². The average molecular weight is 284 g/mol. The number of aliphatic hydroxyl groups is 1. The lowest BCUT2D eigenvalue weighted by Crippen LogP contribution is -2.43. The molecule has 1 aromatic carbocycles. The maximum absolute atomic E-state index is 12.6. The van der Waals surface area contributed by atoms with E-state index in [2.05, 4.69) is 0 Å². The Morgan fingerprint density at radius 2 is 2.10 bits per heavy atom. The zero-order valence-electron chi connectivity index (χ0n) is 11.0. The van der Waals surface area contributed by atoms with Gasteiger partial charge in [-0.2, -0.15) is 18.4 Å². The van der Waals surface area contributed by atoms with Gasteiger partial charge in [0.2, 0.25) is 0 Å². The first kappa shape index (κ1) is 14.7. The zero-order valence-corrected chi connectivity index (χ0v) is 11.0. The highest BCUT2D eigenvalue weighted by molar-refractivity contribution is 5.61. The lowest BCUT2D eigenvalue weighted by molar-refractivity contribution is -0.137. The van der Waals surface area contributed by atoms with Crippen molar-refractivity contribution in [1.82, 2.24) is 0 Å². The van der Waals surface area contributed by atoms with Crippen LogP contribution < -0.4 is 4.90 Å². The number of alkyl halides is 3. The van der Waals surface area contributed by atoms with Gasteiger partial charge in [-0.25, -0.2) is 0 Å². The summed E-state index contributed by atoms with van der Waals surface area (Å²) in [5.41, 5.74) is -0.392. The first-order valence-corrected chi connectivity index (χ1v) is 6.37. The third-order valence-corrected chi connectivity index (χ3v) is 3.70. The van der Waals surface area contributed by atoms with Crippen LogP contribution in [0.15, 0.2) is 18.2 Å². The molecular formula is C14H15F3N2O. The number of nitriles is 1. The monoisotopic (exact) mass is 284 g/mol. The van der Waals surface area contributed by atoms with Crippen molar-refractivity contribution in [3.05, 3.63) is 29.3 Å². The maximum atomic E-state index is 12.6. The van der Waals surface area contributed by atoms with Crippen molar-refractivity contribution in [3.63, 3.8) is 0 Å². The number of piperidine rings is 1. The molecule has 0 bridgehead atoms. The molecule has 0 saturated carbocycles. The topological polar surface area (TPSA) is 47.3 Å². The molecule has 2 unspecified atom stereocenters. The number of benzene rings is 1. The van der Waals surface area contributed by atoms with Crippen LogP contribution in [0.4, 0.5) is 18.9 Å². The Balaban J connectivity index is 2.31. The fourth-order valence-corrected chi connectivity index (χ4v) is 2.35. The van der Waals surface area contributed by atoms with Crippen molar-refractivity contribution in [2.45, 2.75) is 25.6 Å². The van der Waals surface area contributed by atoms with Crippen LogP contribution in [0.5, 0.6) is 0 Å². The quantitative estimate of drug-likeness (QED) is 0.862. The highest BCUT2D eigenvalue weighted by Gasteiger charge is 2.32. The second-order valence-electron chi connectivity index (χ2n) is 5.12. The van der Waals surface area contributed by atoms with E-state index in [4.69, 9.17) is 5.26 Å². The summed E-state index contributed by atoms with van der Waals surface area (Å²) >= 11 is 0. The van der Waals surface area contributed by atoms with Gasteiger partial charge in [0.15, 0.2) is 0 Å². The summed E-state index contributed by atoms with van der Waals surface area (Å²) in [6.07, 6.45) is -4.25. The number of halogens is 3. The van der Waals surface area contributed by atoms with Crippen LogP contribution in [0.3, 0.4) is 0 Å². The van der Waals surface area contributed by atoms with Crippen molar-refractivity contribution in [2.75, 3.05) is 18.0 Å². The van der Waals surface area contributed by atoms with E-state index in [0.29, 0.717) is 18.8 Å². The van der Waals surface area contributed by atoms with Crippen molar-refractivity contribution in [2.24, 2.45) is 5.92 Å². The Kier molecular flexibility index (Phi) is 3.91. The molecule has 1 N–H and O–H groups in total. The largest absolute Gasteiger partial charge is 0.416 e. The normalized spacial score (nSPS) is 23.5. The molecule has 1 fully saturated rings. The van der Waals surface area contributed by atoms with Gasteiger partial charge < -0.3 is 10.0 Å². The van der Waals surface area contributed by atoms with E-state index in [1.54, 1.807) is 4.90 Å². The molecule has 2 rings (SSSR count). The summed E-state index contributed by atoms with van der Waals surface area (Å²) in [4.78, 5) is 1.77. The van der Waals surface area contributed by atoms with Crippen LogP contribution in [0, 0.1) is 17.2 Å². The molecule has 0 amide bonds. The van der Waals surface area contributed by atoms with Gasteiger partial charge in [-0.3, -0.25) is 0 Å². The lowest BCUT2D eigenvalue weighted by atomic mass is 9.95. The first-order chi connectivity index (χ1) is 9.32. The molecule has 0 radical (unpaired) electrons. The van der Waals surface area contributed by atoms with Gasteiger partial charge in [0.1, 0.15) is 6.07 Å². The molecule has 1 aromatic rings. The molecule has 0 aromatic heterocycles. The van der Waals surface area contributed by atoms with Crippen LogP contribution in [0.2, 0.25) is 0 Å². The molecule has 0 spiro atoms. The molecule has 1 aliphatic rings. The molecule has 2 atom stereocenters. The van der Waals surface area contributed by atoms with Crippen LogP contribution in [0.1, 0.15) is 24.5 Å². The van der Waals surface area contributed by atoms with Gasteiger partial charge in [0.05, 0.1) is 22.9 Å². The molecule has 3 nitrogen and oxygen atoms in total. The van der Waals surface area contributed by atoms with E-state index in [1.165, 1.54) is 6.07 Å². The zero-order chi connectivity index (χ0) is 14.9. The third kappa shape index (κ3) is 2.88. The predicted octanol–water partition coefficient (Wildman–Crippen LogP) is 2.78. The standard InChI is InChI=1S/C14H15F3N2O/c1-9-4-5-19(8-13(9)20)12-3-2-11(14(15,16)17)6-10(12)7-18/h2-3,6,9,13,20H,4-5,8H2,1H3. The predicted molar refractivity (Wildman–Crippen MR) is 68.2 cm³/mol. The fraction of sp³-hybridized carbons (Fsp3) is 0.500. The van der Waals surface area contributed by atoms with Gasteiger partial charge in [0, 0.05) is 13.1 Å². The minimum Gasteiger partial charge on any atom is -0.391 e. The van der Waals surface area contributed by atoms with Gasteiger partial charge in [-0.05, 0) is 30.5 Å². The van der Waals surface area contributed by atoms with Gasteiger partial charge in [0.25, 0.3) is 0 Å². The Morgan fingerprint density at radius 1 is 1.40 bits per heavy atom. The van der Waals surface area contributed by atoms with E-state index in [-0.39, 0.29) is 11.5 Å². The van der Waals surface area contributed by atoms with Crippen molar-refractivity contribution in [1.29, 1.82) is 5.26 Å². The molecular weight excluding hydrogens is 269 g/mol. The summed E-state index contributed by atoms with van der Waals surface area (Å²) in [7, 11) is 0. The number of hydrogen-bond acceptors (Lipinski definition) is 3. The van der Waals surface area contributed by atoms with E-state index in [1.807, 2.05) is 13.0 Å². The minimum absolute atomic E-state index is 0.0124. The second-order valence-corrected chi connectivity index (χ2v) is 5.12. The van der Waals surface area contributed by atoms with E-state index < -0.39 is 17.8 Å². The molecule has 1 saturated heterocycles. The minimum atomic E-state index is -4.46. The van der Waals surface area contributed by atoms with Crippen LogP contribution in [-0.2, 0) is 6.18 Å². The van der Waals surface area contributed by atoms with E-state index in [0.717, 1.165) is 18.6 Å². The number of anilines is 1. The molecule has 108 valence electrons. The van der Waals surface area contributed by atoms with Crippen LogP contribution >= 0.6 is 0 Å². The fourth-order valence-electron chi connectivity index (χ4n) is 2.35.